The average molecular weight is 266 g/mol. The number of benzene rings is 1. The van der Waals surface area contributed by atoms with Crippen LogP contribution in [0.1, 0.15) is 18.7 Å². The van der Waals surface area contributed by atoms with Gasteiger partial charge in [-0.25, -0.2) is 9.18 Å². The Hall–Kier alpha value is -1.79. The Kier molecular flexibility index (Phi) is 4.52. The summed E-state index contributed by atoms with van der Waals surface area (Å²) in [6.07, 6.45) is -7.00. The van der Waals surface area contributed by atoms with Crippen molar-refractivity contribution in [3.8, 4) is 5.75 Å². The van der Waals surface area contributed by atoms with Crippen LogP contribution >= 0.6 is 0 Å². The maximum absolute atomic E-state index is 13.5. The fraction of sp³-hybridized carbons (Fsp3) is 0.364. The highest BCUT2D eigenvalue weighted by molar-refractivity contribution is 5.76. The molecule has 18 heavy (non-hydrogen) atoms. The summed E-state index contributed by atoms with van der Waals surface area (Å²) < 4.78 is 57.4. The molecular formula is C11H10F4O3. The van der Waals surface area contributed by atoms with Crippen LogP contribution in [-0.4, -0.2) is 18.9 Å². The van der Waals surface area contributed by atoms with Crippen molar-refractivity contribution in [1.82, 2.24) is 0 Å². The molecule has 1 aromatic rings. The van der Waals surface area contributed by atoms with Gasteiger partial charge in [-0.15, -0.1) is 13.2 Å². The molecule has 0 aliphatic heterocycles. The number of esters is 1. The summed E-state index contributed by atoms with van der Waals surface area (Å²) in [5, 5.41) is 0. The van der Waals surface area contributed by atoms with E-state index in [9.17, 15) is 22.4 Å². The van der Waals surface area contributed by atoms with Gasteiger partial charge in [0.15, 0.2) is 0 Å². The molecule has 3 nitrogen and oxygen atoms in total. The van der Waals surface area contributed by atoms with Gasteiger partial charge in [-0.1, -0.05) is 12.1 Å². The molecular weight excluding hydrogens is 256 g/mol. The molecule has 1 aromatic carbocycles. The highest BCUT2D eigenvalue weighted by Gasteiger charge is 2.31. The second-order valence-electron chi connectivity index (χ2n) is 3.23. The van der Waals surface area contributed by atoms with Crippen molar-refractivity contribution in [1.29, 1.82) is 0 Å². The third-order valence-electron chi connectivity index (χ3n) is 1.88. The minimum atomic E-state index is -4.87. The van der Waals surface area contributed by atoms with Gasteiger partial charge in [-0.3, -0.25) is 0 Å². The average Bonchev–Trinajstić information content (AvgIpc) is 2.26. The lowest BCUT2D eigenvalue weighted by Crippen LogP contribution is -2.17. The fourth-order valence-electron chi connectivity index (χ4n) is 1.22. The zero-order valence-electron chi connectivity index (χ0n) is 9.33. The second-order valence-corrected chi connectivity index (χ2v) is 3.23. The van der Waals surface area contributed by atoms with Crippen LogP contribution in [0.3, 0.4) is 0 Å². The molecule has 0 fully saturated rings. The minimum Gasteiger partial charge on any atom is -0.464 e. The van der Waals surface area contributed by atoms with E-state index in [2.05, 4.69) is 9.47 Å². The predicted molar refractivity (Wildman–Crippen MR) is 53.6 cm³/mol. The first kappa shape index (κ1) is 14.3. The lowest BCUT2D eigenvalue weighted by Gasteiger charge is -2.11. The van der Waals surface area contributed by atoms with Crippen molar-refractivity contribution in [2.24, 2.45) is 0 Å². The molecule has 100 valence electrons. The molecule has 0 radical (unpaired) electrons. The number of rotatable bonds is 4. The van der Waals surface area contributed by atoms with E-state index in [-0.39, 0.29) is 12.2 Å². The Balaban J connectivity index is 2.84. The first-order valence-corrected chi connectivity index (χ1v) is 5.00. The van der Waals surface area contributed by atoms with Crippen molar-refractivity contribution in [2.45, 2.75) is 19.5 Å². The van der Waals surface area contributed by atoms with Gasteiger partial charge in [0.2, 0.25) is 6.17 Å². The molecule has 0 saturated heterocycles. The standard InChI is InChI=1S/C11H10F4O3/c1-2-17-10(16)9(12)7-4-3-5-8(6-7)18-11(13,14)15/h3-6,9H,2H2,1H3. The van der Waals surface area contributed by atoms with E-state index in [0.29, 0.717) is 0 Å². The molecule has 0 aliphatic carbocycles. The van der Waals surface area contributed by atoms with E-state index < -0.39 is 24.3 Å². The van der Waals surface area contributed by atoms with Crippen molar-refractivity contribution < 1.29 is 31.8 Å². The van der Waals surface area contributed by atoms with Gasteiger partial charge in [0, 0.05) is 5.56 Å². The number of hydrogen-bond acceptors (Lipinski definition) is 3. The Labute approximate surface area is 100 Å². The molecule has 0 bridgehead atoms. The lowest BCUT2D eigenvalue weighted by molar-refractivity contribution is -0.274. The van der Waals surface area contributed by atoms with Gasteiger partial charge < -0.3 is 9.47 Å². The van der Waals surface area contributed by atoms with Crippen LogP contribution in [0, 0.1) is 0 Å². The number of halogens is 4. The normalized spacial score (nSPS) is 12.9. The van der Waals surface area contributed by atoms with E-state index in [1.165, 1.54) is 13.0 Å². The molecule has 1 atom stereocenters. The summed E-state index contributed by atoms with van der Waals surface area (Å²) in [4.78, 5) is 11.1. The quantitative estimate of drug-likeness (QED) is 0.620. The Bertz CT molecular complexity index is 417. The van der Waals surface area contributed by atoms with Gasteiger partial charge in [-0.05, 0) is 19.1 Å². The van der Waals surface area contributed by atoms with E-state index in [1.807, 2.05) is 0 Å². The summed E-state index contributed by atoms with van der Waals surface area (Å²) in [6.45, 7) is 1.48. The van der Waals surface area contributed by atoms with Crippen LogP contribution in [-0.2, 0) is 9.53 Å². The third kappa shape index (κ3) is 4.23. The monoisotopic (exact) mass is 266 g/mol. The van der Waals surface area contributed by atoms with Gasteiger partial charge in [0.05, 0.1) is 6.61 Å². The van der Waals surface area contributed by atoms with Crippen LogP contribution < -0.4 is 4.74 Å². The zero-order chi connectivity index (χ0) is 13.8. The van der Waals surface area contributed by atoms with E-state index >= 15 is 0 Å². The maximum Gasteiger partial charge on any atom is 0.573 e. The molecule has 0 amide bonds. The van der Waals surface area contributed by atoms with Crippen LogP contribution in [0.15, 0.2) is 24.3 Å². The van der Waals surface area contributed by atoms with Crippen molar-refractivity contribution >= 4 is 5.97 Å². The second kappa shape index (κ2) is 5.70. The minimum absolute atomic E-state index is 0.0159. The molecule has 0 saturated carbocycles. The molecule has 0 heterocycles. The molecule has 0 N–H and O–H groups in total. The first-order chi connectivity index (χ1) is 8.33. The smallest absolute Gasteiger partial charge is 0.464 e. The summed E-state index contributed by atoms with van der Waals surface area (Å²) in [5.74, 6) is -1.74. The Morgan fingerprint density at radius 1 is 1.39 bits per heavy atom. The summed E-state index contributed by atoms with van der Waals surface area (Å²) in [6, 6.07) is 4.14. The SMILES string of the molecule is CCOC(=O)C(F)c1cccc(OC(F)(F)F)c1. The predicted octanol–water partition coefficient (Wildman–Crippen LogP) is 3.16. The van der Waals surface area contributed by atoms with Crippen LogP contribution in [0.4, 0.5) is 17.6 Å². The number of hydrogen-bond donors (Lipinski definition) is 0. The Morgan fingerprint density at radius 3 is 2.61 bits per heavy atom. The first-order valence-electron chi connectivity index (χ1n) is 5.00. The van der Waals surface area contributed by atoms with E-state index in [1.54, 1.807) is 0 Å². The van der Waals surface area contributed by atoms with E-state index in [4.69, 9.17) is 0 Å². The summed E-state index contributed by atoms with van der Waals surface area (Å²) >= 11 is 0. The number of alkyl halides is 4. The fourth-order valence-corrected chi connectivity index (χ4v) is 1.22. The Morgan fingerprint density at radius 2 is 2.06 bits per heavy atom. The lowest BCUT2D eigenvalue weighted by atomic mass is 10.1. The van der Waals surface area contributed by atoms with Gasteiger partial charge in [0.1, 0.15) is 5.75 Å². The highest BCUT2D eigenvalue weighted by atomic mass is 19.4. The highest BCUT2D eigenvalue weighted by Crippen LogP contribution is 2.27. The molecule has 0 aliphatic rings. The van der Waals surface area contributed by atoms with Crippen LogP contribution in [0.2, 0.25) is 0 Å². The third-order valence-corrected chi connectivity index (χ3v) is 1.88. The van der Waals surface area contributed by atoms with Crippen LogP contribution in [0.25, 0.3) is 0 Å². The number of ether oxygens (including phenoxy) is 2. The maximum atomic E-state index is 13.5. The van der Waals surface area contributed by atoms with E-state index in [0.717, 1.165) is 18.2 Å². The van der Waals surface area contributed by atoms with Crippen molar-refractivity contribution in [3.63, 3.8) is 0 Å². The van der Waals surface area contributed by atoms with Crippen molar-refractivity contribution in [3.05, 3.63) is 29.8 Å². The number of carbonyl (C=O) groups is 1. The molecule has 7 heteroatoms. The molecule has 0 aromatic heterocycles. The largest absolute Gasteiger partial charge is 0.573 e. The zero-order valence-corrected chi connectivity index (χ0v) is 9.33. The molecule has 1 unspecified atom stereocenters. The topological polar surface area (TPSA) is 35.5 Å². The summed E-state index contributed by atoms with van der Waals surface area (Å²) in [5.41, 5.74) is -0.254. The summed E-state index contributed by atoms with van der Waals surface area (Å²) in [7, 11) is 0. The van der Waals surface area contributed by atoms with Gasteiger partial charge >= 0.3 is 12.3 Å². The van der Waals surface area contributed by atoms with Crippen LogP contribution in [0.5, 0.6) is 5.75 Å². The van der Waals surface area contributed by atoms with Crippen molar-refractivity contribution in [2.75, 3.05) is 6.61 Å². The van der Waals surface area contributed by atoms with Gasteiger partial charge in [0.25, 0.3) is 0 Å². The number of carbonyl (C=O) groups excluding carboxylic acids is 1. The molecule has 0 spiro atoms. The molecule has 1 rings (SSSR count). The van der Waals surface area contributed by atoms with Gasteiger partial charge in [-0.2, -0.15) is 0 Å².